The van der Waals surface area contributed by atoms with Crippen molar-refractivity contribution in [2.75, 3.05) is 0 Å². The van der Waals surface area contributed by atoms with Crippen LogP contribution in [-0.2, 0) is 0 Å². The van der Waals surface area contributed by atoms with Crippen LogP contribution in [0.1, 0.15) is 21.3 Å². The number of ketones is 1. The summed E-state index contributed by atoms with van der Waals surface area (Å²) in [5, 5.41) is 0.108. The lowest BCUT2D eigenvalue weighted by Gasteiger charge is -2.07. The van der Waals surface area contributed by atoms with Gasteiger partial charge in [0.15, 0.2) is 5.78 Å². The van der Waals surface area contributed by atoms with Crippen molar-refractivity contribution in [2.24, 2.45) is 0 Å². The molecule has 0 fully saturated rings. The van der Waals surface area contributed by atoms with E-state index in [1.54, 1.807) is 0 Å². The Morgan fingerprint density at radius 3 is 2.47 bits per heavy atom. The van der Waals surface area contributed by atoms with Crippen molar-refractivity contribution in [3.8, 4) is 0 Å². The highest BCUT2D eigenvalue weighted by atomic mass is 35.5. The highest BCUT2D eigenvalue weighted by Gasteiger charge is 2.22. The van der Waals surface area contributed by atoms with E-state index in [4.69, 9.17) is 16.0 Å². The summed E-state index contributed by atoms with van der Waals surface area (Å²) in [4.78, 5) is 12.4. The second kappa shape index (κ2) is 4.90. The van der Waals surface area contributed by atoms with Crippen LogP contribution in [0.15, 0.2) is 65.3 Å². The Kier molecular flexibility index (Phi) is 3.10. The summed E-state index contributed by atoms with van der Waals surface area (Å²) in [5.74, 6) is -0.141. The highest BCUT2D eigenvalue weighted by molar-refractivity contribution is 6.35. The van der Waals surface area contributed by atoms with Crippen molar-refractivity contribution in [1.82, 2.24) is 0 Å². The predicted molar refractivity (Wildman–Crippen MR) is 75.6 cm³/mol. The lowest BCUT2D eigenvalue weighted by atomic mass is 10.0. The Balaban J connectivity index is 2.00. The fourth-order valence-electron chi connectivity index (χ4n) is 2.08. The van der Waals surface area contributed by atoms with Crippen LogP contribution >= 0.6 is 11.6 Å². The molecule has 1 unspecified atom stereocenters. The number of carbonyl (C=O) groups excluding carboxylic acids is 1. The van der Waals surface area contributed by atoms with Crippen molar-refractivity contribution >= 4 is 28.4 Å². The minimum absolute atomic E-state index is 0.141. The molecule has 0 saturated carbocycles. The molecule has 0 N–H and O–H groups in total. The van der Waals surface area contributed by atoms with E-state index in [0.717, 1.165) is 10.9 Å². The third-order valence-corrected chi connectivity index (χ3v) is 3.52. The zero-order valence-corrected chi connectivity index (χ0v) is 10.8. The molecule has 1 atom stereocenters. The van der Waals surface area contributed by atoms with E-state index in [1.807, 2.05) is 54.6 Å². The largest absolute Gasteiger partial charge is 0.464 e. The van der Waals surface area contributed by atoms with Crippen LogP contribution in [0.3, 0.4) is 0 Å². The average molecular weight is 271 g/mol. The number of alkyl halides is 1. The summed E-state index contributed by atoms with van der Waals surface area (Å²) in [5.41, 5.74) is 2.02. The van der Waals surface area contributed by atoms with Crippen LogP contribution in [0, 0.1) is 0 Å². The molecule has 0 amide bonds. The molecule has 0 aliphatic heterocycles. The van der Waals surface area contributed by atoms with Gasteiger partial charge < -0.3 is 4.42 Å². The minimum Gasteiger partial charge on any atom is -0.464 e. The first-order chi connectivity index (χ1) is 9.27. The van der Waals surface area contributed by atoms with Gasteiger partial charge in [-0.15, -0.1) is 11.6 Å². The number of rotatable bonds is 3. The second-order valence-corrected chi connectivity index (χ2v) is 4.72. The SMILES string of the molecule is O=C(c1coc2ccccc12)C(Cl)c1ccccc1. The van der Waals surface area contributed by atoms with Gasteiger partial charge in [0.05, 0.1) is 5.56 Å². The summed E-state index contributed by atoms with van der Waals surface area (Å²) in [6, 6.07) is 16.8. The van der Waals surface area contributed by atoms with Gasteiger partial charge in [-0.05, 0) is 11.6 Å². The summed E-state index contributed by atoms with van der Waals surface area (Å²) in [7, 11) is 0. The van der Waals surface area contributed by atoms with E-state index < -0.39 is 5.38 Å². The standard InChI is InChI=1S/C16H11ClO2/c17-15(11-6-2-1-3-7-11)16(18)13-10-19-14-9-5-4-8-12(13)14/h1-10,15H. The number of furan rings is 1. The Morgan fingerprint density at radius 2 is 1.68 bits per heavy atom. The third-order valence-electron chi connectivity index (χ3n) is 3.07. The van der Waals surface area contributed by atoms with Gasteiger partial charge in [-0.1, -0.05) is 48.5 Å². The molecule has 2 aromatic carbocycles. The van der Waals surface area contributed by atoms with Crippen molar-refractivity contribution in [2.45, 2.75) is 5.38 Å². The molecule has 0 aliphatic rings. The average Bonchev–Trinajstić information content (AvgIpc) is 2.90. The Labute approximate surface area is 115 Å². The number of hydrogen-bond acceptors (Lipinski definition) is 2. The first-order valence-corrected chi connectivity index (χ1v) is 6.40. The van der Waals surface area contributed by atoms with E-state index in [2.05, 4.69) is 0 Å². The van der Waals surface area contributed by atoms with Crippen LogP contribution in [0.25, 0.3) is 11.0 Å². The molecule has 0 spiro atoms. The molecule has 3 aromatic rings. The number of fused-ring (bicyclic) bond motifs is 1. The lowest BCUT2D eigenvalue weighted by Crippen LogP contribution is -2.06. The van der Waals surface area contributed by atoms with E-state index in [-0.39, 0.29) is 5.78 Å². The van der Waals surface area contributed by atoms with Gasteiger partial charge in [-0.3, -0.25) is 4.79 Å². The quantitative estimate of drug-likeness (QED) is 0.514. The van der Waals surface area contributed by atoms with E-state index in [0.29, 0.717) is 11.1 Å². The maximum Gasteiger partial charge on any atom is 0.188 e. The molecule has 0 aliphatic carbocycles. The normalized spacial score (nSPS) is 12.5. The number of carbonyl (C=O) groups is 1. The molecule has 1 heterocycles. The van der Waals surface area contributed by atoms with Crippen LogP contribution in [0.2, 0.25) is 0 Å². The van der Waals surface area contributed by atoms with Gasteiger partial charge in [0, 0.05) is 5.39 Å². The molecule has 1 aromatic heterocycles. The number of halogens is 1. The topological polar surface area (TPSA) is 30.2 Å². The molecule has 0 saturated heterocycles. The molecular formula is C16H11ClO2. The number of benzene rings is 2. The van der Waals surface area contributed by atoms with E-state index in [9.17, 15) is 4.79 Å². The summed E-state index contributed by atoms with van der Waals surface area (Å²) in [6.45, 7) is 0. The molecule has 0 radical (unpaired) electrons. The Bertz CT molecular complexity index is 716. The van der Waals surface area contributed by atoms with Gasteiger partial charge >= 0.3 is 0 Å². The van der Waals surface area contributed by atoms with Gasteiger partial charge in [-0.2, -0.15) is 0 Å². The summed E-state index contributed by atoms with van der Waals surface area (Å²) < 4.78 is 5.38. The Morgan fingerprint density at radius 1 is 1.00 bits per heavy atom. The monoisotopic (exact) mass is 270 g/mol. The number of hydrogen-bond donors (Lipinski definition) is 0. The fourth-order valence-corrected chi connectivity index (χ4v) is 2.34. The maximum atomic E-state index is 12.4. The van der Waals surface area contributed by atoms with Crippen molar-refractivity contribution in [3.63, 3.8) is 0 Å². The molecule has 2 nitrogen and oxygen atoms in total. The third kappa shape index (κ3) is 2.15. The van der Waals surface area contributed by atoms with Crippen LogP contribution in [0.5, 0.6) is 0 Å². The van der Waals surface area contributed by atoms with Crippen molar-refractivity contribution < 1.29 is 9.21 Å². The Hall–Kier alpha value is -2.06. The van der Waals surface area contributed by atoms with Crippen LogP contribution < -0.4 is 0 Å². The molecule has 19 heavy (non-hydrogen) atoms. The summed E-state index contributed by atoms with van der Waals surface area (Å²) in [6.07, 6.45) is 1.48. The number of para-hydroxylation sites is 1. The number of Topliss-reactive ketones (excluding diaryl/α,β-unsaturated/α-hetero) is 1. The van der Waals surface area contributed by atoms with Gasteiger partial charge in [0.25, 0.3) is 0 Å². The second-order valence-electron chi connectivity index (χ2n) is 4.28. The smallest absolute Gasteiger partial charge is 0.188 e. The molecule has 94 valence electrons. The summed E-state index contributed by atoms with van der Waals surface area (Å²) >= 11 is 6.26. The maximum absolute atomic E-state index is 12.4. The van der Waals surface area contributed by atoms with Crippen molar-refractivity contribution in [3.05, 3.63) is 72.0 Å². The highest BCUT2D eigenvalue weighted by Crippen LogP contribution is 2.29. The zero-order chi connectivity index (χ0) is 13.2. The molecule has 3 rings (SSSR count). The predicted octanol–water partition coefficient (Wildman–Crippen LogP) is 4.60. The van der Waals surface area contributed by atoms with E-state index in [1.165, 1.54) is 6.26 Å². The van der Waals surface area contributed by atoms with Crippen LogP contribution in [0.4, 0.5) is 0 Å². The zero-order valence-electron chi connectivity index (χ0n) is 10.0. The first kappa shape index (κ1) is 12.0. The molecular weight excluding hydrogens is 260 g/mol. The minimum atomic E-state index is -0.692. The molecule has 3 heteroatoms. The fraction of sp³-hybridized carbons (Fsp3) is 0.0625. The van der Waals surface area contributed by atoms with Gasteiger partial charge in [-0.25, -0.2) is 0 Å². The first-order valence-electron chi connectivity index (χ1n) is 5.97. The van der Waals surface area contributed by atoms with Crippen LogP contribution in [-0.4, -0.2) is 5.78 Å². The van der Waals surface area contributed by atoms with Crippen molar-refractivity contribution in [1.29, 1.82) is 0 Å². The van der Waals surface area contributed by atoms with E-state index >= 15 is 0 Å². The van der Waals surface area contributed by atoms with Gasteiger partial charge in [0.2, 0.25) is 0 Å². The van der Waals surface area contributed by atoms with Gasteiger partial charge in [0.1, 0.15) is 17.2 Å². The molecule has 0 bridgehead atoms. The lowest BCUT2D eigenvalue weighted by molar-refractivity contribution is 0.0988.